The Labute approximate surface area is 98.0 Å². The van der Waals surface area contributed by atoms with E-state index < -0.39 is 0 Å². The van der Waals surface area contributed by atoms with Crippen LogP contribution >= 0.6 is 12.2 Å². The van der Waals surface area contributed by atoms with Crippen molar-refractivity contribution in [1.82, 2.24) is 4.90 Å². The number of methoxy groups -OCH3 is 1. The quantitative estimate of drug-likeness (QED) is 0.727. The van der Waals surface area contributed by atoms with Gasteiger partial charge in [0.25, 0.3) is 0 Å². The normalized spacial score (nSPS) is 25.1. The van der Waals surface area contributed by atoms with Crippen LogP contribution in [0.15, 0.2) is 0 Å². The molecule has 0 radical (unpaired) electrons. The van der Waals surface area contributed by atoms with Gasteiger partial charge in [0.1, 0.15) is 0 Å². The molecule has 1 heterocycles. The average molecular weight is 230 g/mol. The minimum Gasteiger partial charge on any atom is -0.392 e. The third-order valence-electron chi connectivity index (χ3n) is 3.18. The topological polar surface area (TPSA) is 38.5 Å². The van der Waals surface area contributed by atoms with Gasteiger partial charge in [-0.1, -0.05) is 18.6 Å². The second-order valence-electron chi connectivity index (χ2n) is 4.28. The number of rotatable bonds is 5. The highest BCUT2D eigenvalue weighted by atomic mass is 32.1. The summed E-state index contributed by atoms with van der Waals surface area (Å²) in [4.78, 5) is 3.09. The zero-order chi connectivity index (χ0) is 11.3. The molecule has 2 unspecified atom stereocenters. The molecule has 3 nitrogen and oxygen atoms in total. The van der Waals surface area contributed by atoms with Gasteiger partial charge in [0.05, 0.1) is 11.0 Å². The van der Waals surface area contributed by atoms with E-state index >= 15 is 0 Å². The maximum atomic E-state index is 5.78. The summed E-state index contributed by atoms with van der Waals surface area (Å²) in [6, 6.07) is 0.817. The Balaban J connectivity index is 2.51. The number of thiocarbonyl (C=S) groups is 1. The Morgan fingerprint density at radius 3 is 2.93 bits per heavy atom. The van der Waals surface area contributed by atoms with Crippen LogP contribution < -0.4 is 5.73 Å². The van der Waals surface area contributed by atoms with Gasteiger partial charge in [-0.15, -0.1) is 0 Å². The monoisotopic (exact) mass is 230 g/mol. The molecular formula is C11H22N2OS. The van der Waals surface area contributed by atoms with E-state index in [1.807, 2.05) is 0 Å². The lowest BCUT2D eigenvalue weighted by atomic mass is 9.99. The third-order valence-corrected chi connectivity index (χ3v) is 3.45. The smallest absolute Gasteiger partial charge is 0.0902 e. The van der Waals surface area contributed by atoms with Crippen LogP contribution in [0, 0.1) is 0 Å². The minimum atomic E-state index is 0.306. The zero-order valence-electron chi connectivity index (χ0n) is 9.74. The van der Waals surface area contributed by atoms with Gasteiger partial charge in [-0.25, -0.2) is 0 Å². The molecule has 0 amide bonds. The number of nitrogens with two attached hydrogens (primary N) is 1. The lowest BCUT2D eigenvalue weighted by Gasteiger charge is -2.39. The Bertz CT molecular complexity index is 211. The van der Waals surface area contributed by atoms with Crippen LogP contribution in [0.5, 0.6) is 0 Å². The number of nitrogens with zero attached hydrogens (tertiary/aromatic N) is 1. The Hall–Kier alpha value is -0.190. The average Bonchev–Trinajstić information content (AvgIpc) is 2.25. The maximum Gasteiger partial charge on any atom is 0.0902 e. The number of piperidine rings is 1. The van der Waals surface area contributed by atoms with Gasteiger partial charge in [-0.05, 0) is 32.7 Å². The molecule has 0 aromatic carbocycles. The molecule has 1 aliphatic rings. The zero-order valence-corrected chi connectivity index (χ0v) is 10.6. The summed E-state index contributed by atoms with van der Waals surface area (Å²) in [5.41, 5.74) is 5.78. The summed E-state index contributed by atoms with van der Waals surface area (Å²) in [7, 11) is 1.74. The van der Waals surface area contributed by atoms with Gasteiger partial charge >= 0.3 is 0 Å². The summed E-state index contributed by atoms with van der Waals surface area (Å²) in [5, 5.41) is 0. The van der Waals surface area contributed by atoms with E-state index in [0.29, 0.717) is 17.1 Å². The first kappa shape index (κ1) is 12.9. The summed E-state index contributed by atoms with van der Waals surface area (Å²) in [6.07, 6.45) is 4.67. The van der Waals surface area contributed by atoms with Crippen LogP contribution in [0.4, 0.5) is 0 Å². The van der Waals surface area contributed by atoms with Gasteiger partial charge in [-0.3, -0.25) is 4.90 Å². The highest BCUT2D eigenvalue weighted by molar-refractivity contribution is 7.80. The van der Waals surface area contributed by atoms with Gasteiger partial charge in [0, 0.05) is 19.8 Å². The van der Waals surface area contributed by atoms with Gasteiger partial charge in [0.15, 0.2) is 0 Å². The van der Waals surface area contributed by atoms with Crippen molar-refractivity contribution < 1.29 is 4.74 Å². The summed E-state index contributed by atoms with van der Waals surface area (Å²) < 4.78 is 5.11. The van der Waals surface area contributed by atoms with Crippen LogP contribution in [0.3, 0.4) is 0 Å². The van der Waals surface area contributed by atoms with Crippen molar-refractivity contribution in [3.8, 4) is 0 Å². The molecule has 0 aromatic heterocycles. The van der Waals surface area contributed by atoms with Crippen molar-refractivity contribution in [2.75, 3.05) is 20.3 Å². The fraction of sp³-hybridized carbons (Fsp3) is 0.909. The SMILES string of the molecule is COCCC(C)N1CCCCC1C(N)=S. The molecule has 1 rings (SSSR count). The Morgan fingerprint density at radius 1 is 1.60 bits per heavy atom. The van der Waals surface area contributed by atoms with Crippen LogP contribution in [-0.4, -0.2) is 42.2 Å². The summed E-state index contributed by atoms with van der Waals surface area (Å²) in [5.74, 6) is 0. The van der Waals surface area contributed by atoms with E-state index in [1.165, 1.54) is 12.8 Å². The summed E-state index contributed by atoms with van der Waals surface area (Å²) in [6.45, 7) is 4.16. The second kappa shape index (κ2) is 6.40. The first-order chi connectivity index (χ1) is 7.16. The standard InChI is InChI=1S/C11H22N2OS/c1-9(6-8-14-2)13-7-4-3-5-10(13)11(12)15/h9-10H,3-8H2,1-2H3,(H2,12,15). The Kier molecular flexibility index (Phi) is 5.50. The number of ether oxygens (including phenoxy) is 1. The number of hydrogen-bond acceptors (Lipinski definition) is 3. The lowest BCUT2D eigenvalue weighted by molar-refractivity contribution is 0.105. The summed E-state index contributed by atoms with van der Waals surface area (Å²) >= 11 is 5.13. The van der Waals surface area contributed by atoms with Gasteiger partial charge in [-0.2, -0.15) is 0 Å². The van der Waals surface area contributed by atoms with Crippen molar-refractivity contribution in [2.45, 2.75) is 44.7 Å². The van der Waals surface area contributed by atoms with Crippen LogP contribution in [0.2, 0.25) is 0 Å². The molecule has 4 heteroatoms. The highest BCUT2D eigenvalue weighted by Gasteiger charge is 2.27. The van der Waals surface area contributed by atoms with E-state index in [0.717, 1.165) is 26.0 Å². The fourth-order valence-electron chi connectivity index (χ4n) is 2.24. The van der Waals surface area contributed by atoms with E-state index in [4.69, 9.17) is 22.7 Å². The first-order valence-electron chi connectivity index (χ1n) is 5.70. The molecule has 2 N–H and O–H groups in total. The molecule has 0 spiro atoms. The number of likely N-dealkylation sites (tertiary alicyclic amines) is 1. The molecule has 1 aliphatic heterocycles. The fourth-order valence-corrected chi connectivity index (χ4v) is 2.49. The van der Waals surface area contributed by atoms with Crippen molar-refractivity contribution in [3.63, 3.8) is 0 Å². The molecule has 1 fully saturated rings. The van der Waals surface area contributed by atoms with E-state index in [2.05, 4.69) is 11.8 Å². The molecule has 1 saturated heterocycles. The van der Waals surface area contributed by atoms with Crippen molar-refractivity contribution >= 4 is 17.2 Å². The molecule has 2 atom stereocenters. The second-order valence-corrected chi connectivity index (χ2v) is 4.75. The van der Waals surface area contributed by atoms with Crippen molar-refractivity contribution in [3.05, 3.63) is 0 Å². The van der Waals surface area contributed by atoms with E-state index in [9.17, 15) is 0 Å². The molecule has 15 heavy (non-hydrogen) atoms. The largest absolute Gasteiger partial charge is 0.392 e. The van der Waals surface area contributed by atoms with Gasteiger partial charge < -0.3 is 10.5 Å². The highest BCUT2D eigenvalue weighted by Crippen LogP contribution is 2.21. The molecule has 0 saturated carbocycles. The minimum absolute atomic E-state index is 0.306. The molecule has 0 aliphatic carbocycles. The van der Waals surface area contributed by atoms with Crippen LogP contribution in [-0.2, 0) is 4.74 Å². The molecule has 88 valence electrons. The predicted octanol–water partition coefficient (Wildman–Crippen LogP) is 1.55. The van der Waals surface area contributed by atoms with Gasteiger partial charge in [0.2, 0.25) is 0 Å². The predicted molar refractivity (Wildman–Crippen MR) is 67.1 cm³/mol. The third kappa shape index (κ3) is 3.70. The molecule has 0 bridgehead atoms. The Morgan fingerprint density at radius 2 is 2.33 bits per heavy atom. The lowest BCUT2D eigenvalue weighted by Crippen LogP contribution is -2.51. The number of hydrogen-bond donors (Lipinski definition) is 1. The van der Waals surface area contributed by atoms with E-state index in [1.54, 1.807) is 7.11 Å². The van der Waals surface area contributed by atoms with Crippen molar-refractivity contribution in [1.29, 1.82) is 0 Å². The molecule has 0 aromatic rings. The maximum absolute atomic E-state index is 5.78. The molecular weight excluding hydrogens is 208 g/mol. The van der Waals surface area contributed by atoms with Crippen LogP contribution in [0.25, 0.3) is 0 Å². The first-order valence-corrected chi connectivity index (χ1v) is 6.11. The van der Waals surface area contributed by atoms with Crippen LogP contribution in [0.1, 0.15) is 32.6 Å². The van der Waals surface area contributed by atoms with E-state index in [-0.39, 0.29) is 0 Å². The van der Waals surface area contributed by atoms with Crippen molar-refractivity contribution in [2.24, 2.45) is 5.73 Å².